The Labute approximate surface area is 143 Å². The molecule has 0 bridgehead atoms. The fraction of sp³-hybridized carbons (Fsp3) is 0.278. The molecule has 2 aromatic carbocycles. The van der Waals surface area contributed by atoms with Crippen LogP contribution in [0.25, 0.3) is 0 Å². The third-order valence-corrected chi connectivity index (χ3v) is 5.67. The van der Waals surface area contributed by atoms with E-state index in [0.29, 0.717) is 11.3 Å². The average Bonchev–Trinajstić information content (AvgIpc) is 2.61. The van der Waals surface area contributed by atoms with Gasteiger partial charge < -0.3 is 5.32 Å². The number of benzene rings is 2. The van der Waals surface area contributed by atoms with Crippen molar-refractivity contribution in [3.05, 3.63) is 60.2 Å². The Morgan fingerprint density at radius 2 is 1.67 bits per heavy atom. The molecule has 0 fully saturated rings. The fourth-order valence-electron chi connectivity index (χ4n) is 2.22. The highest BCUT2D eigenvalue weighted by Gasteiger charge is 2.25. The number of hydrogen-bond donors (Lipinski definition) is 1. The van der Waals surface area contributed by atoms with Crippen molar-refractivity contribution in [1.29, 1.82) is 0 Å². The van der Waals surface area contributed by atoms with Crippen molar-refractivity contribution in [3.8, 4) is 0 Å². The van der Waals surface area contributed by atoms with E-state index < -0.39 is 10.0 Å². The van der Waals surface area contributed by atoms with Gasteiger partial charge in [0.25, 0.3) is 15.9 Å². The SMILES string of the molecule is CC[C@H](C)NC(=O)c1ccccc1N(C)S(=O)(=O)c1ccccc1. The number of nitrogens with zero attached hydrogens (tertiary/aromatic N) is 1. The number of hydrogen-bond acceptors (Lipinski definition) is 3. The first-order valence-electron chi connectivity index (χ1n) is 7.81. The Balaban J connectivity index is 2.41. The number of nitrogens with one attached hydrogen (secondary N) is 1. The zero-order chi connectivity index (χ0) is 17.7. The molecule has 5 nitrogen and oxygen atoms in total. The summed E-state index contributed by atoms with van der Waals surface area (Å²) in [5.74, 6) is -0.282. The summed E-state index contributed by atoms with van der Waals surface area (Å²) >= 11 is 0. The van der Waals surface area contributed by atoms with Gasteiger partial charge in [0.2, 0.25) is 0 Å². The van der Waals surface area contributed by atoms with Gasteiger partial charge in [-0.05, 0) is 37.6 Å². The van der Waals surface area contributed by atoms with Crippen LogP contribution in [-0.2, 0) is 10.0 Å². The zero-order valence-electron chi connectivity index (χ0n) is 14.1. The smallest absolute Gasteiger partial charge is 0.264 e. The molecule has 1 atom stereocenters. The van der Waals surface area contributed by atoms with Gasteiger partial charge in [-0.2, -0.15) is 0 Å². The maximum Gasteiger partial charge on any atom is 0.264 e. The molecule has 0 unspecified atom stereocenters. The molecular formula is C18H22N2O3S. The third-order valence-electron chi connectivity index (χ3n) is 3.88. The Kier molecular flexibility index (Phi) is 5.62. The first-order chi connectivity index (χ1) is 11.4. The standard InChI is InChI=1S/C18H22N2O3S/c1-4-14(2)19-18(21)16-12-8-9-13-17(16)20(3)24(22,23)15-10-6-5-7-11-15/h5-14H,4H2,1-3H3,(H,19,21)/t14-/m0/s1. The largest absolute Gasteiger partial charge is 0.350 e. The molecule has 0 heterocycles. The van der Waals surface area contributed by atoms with Gasteiger partial charge in [0.1, 0.15) is 0 Å². The van der Waals surface area contributed by atoms with Gasteiger partial charge in [-0.1, -0.05) is 37.3 Å². The molecule has 1 amide bonds. The summed E-state index contributed by atoms with van der Waals surface area (Å²) in [4.78, 5) is 12.7. The highest BCUT2D eigenvalue weighted by atomic mass is 32.2. The van der Waals surface area contributed by atoms with Crippen LogP contribution in [0.1, 0.15) is 30.6 Å². The van der Waals surface area contributed by atoms with Crippen molar-refractivity contribution in [2.75, 3.05) is 11.4 Å². The topological polar surface area (TPSA) is 66.5 Å². The summed E-state index contributed by atoms with van der Waals surface area (Å²) in [6.45, 7) is 3.88. The summed E-state index contributed by atoms with van der Waals surface area (Å²) in [7, 11) is -2.27. The molecule has 0 saturated carbocycles. The maximum atomic E-state index is 12.8. The van der Waals surface area contributed by atoms with Gasteiger partial charge in [0.15, 0.2) is 0 Å². The second kappa shape index (κ2) is 7.49. The lowest BCUT2D eigenvalue weighted by atomic mass is 10.1. The molecule has 0 aromatic heterocycles. The van der Waals surface area contributed by atoms with Gasteiger partial charge in [-0.3, -0.25) is 9.10 Å². The van der Waals surface area contributed by atoms with Crippen LogP contribution in [0, 0.1) is 0 Å². The summed E-state index contributed by atoms with van der Waals surface area (Å²) in [5, 5.41) is 2.87. The summed E-state index contributed by atoms with van der Waals surface area (Å²) in [6, 6.07) is 14.9. The highest BCUT2D eigenvalue weighted by molar-refractivity contribution is 7.92. The van der Waals surface area contributed by atoms with Crippen LogP contribution in [0.5, 0.6) is 0 Å². The Bertz CT molecular complexity index is 804. The molecule has 1 N–H and O–H groups in total. The van der Waals surface area contributed by atoms with E-state index in [1.54, 1.807) is 42.5 Å². The second-order valence-electron chi connectivity index (χ2n) is 5.59. The number of carbonyl (C=O) groups excluding carboxylic acids is 1. The molecule has 0 radical (unpaired) electrons. The van der Waals surface area contributed by atoms with Crippen LogP contribution in [-0.4, -0.2) is 27.4 Å². The number of carbonyl (C=O) groups is 1. The quantitative estimate of drug-likeness (QED) is 0.874. The lowest BCUT2D eigenvalue weighted by molar-refractivity contribution is 0.0940. The van der Waals surface area contributed by atoms with E-state index >= 15 is 0 Å². The molecule has 2 rings (SSSR count). The minimum Gasteiger partial charge on any atom is -0.350 e. The van der Waals surface area contributed by atoms with Gasteiger partial charge >= 0.3 is 0 Å². The minimum atomic E-state index is -3.73. The van der Waals surface area contributed by atoms with E-state index in [9.17, 15) is 13.2 Å². The van der Waals surface area contributed by atoms with Crippen molar-refractivity contribution in [1.82, 2.24) is 5.32 Å². The van der Waals surface area contributed by atoms with Crippen LogP contribution in [0.3, 0.4) is 0 Å². The summed E-state index contributed by atoms with van der Waals surface area (Å²) in [6.07, 6.45) is 0.798. The maximum absolute atomic E-state index is 12.8. The van der Waals surface area contributed by atoms with Crippen LogP contribution < -0.4 is 9.62 Å². The Morgan fingerprint density at radius 3 is 2.29 bits per heavy atom. The van der Waals surface area contributed by atoms with Crippen molar-refractivity contribution < 1.29 is 13.2 Å². The van der Waals surface area contributed by atoms with E-state index in [2.05, 4.69) is 5.32 Å². The first kappa shape index (κ1) is 18.0. The molecule has 0 aliphatic carbocycles. The number of anilines is 1. The minimum absolute atomic E-state index is 0.0154. The lowest BCUT2D eigenvalue weighted by Crippen LogP contribution is -2.34. The number of amides is 1. The van der Waals surface area contributed by atoms with Gasteiger partial charge in [0, 0.05) is 13.1 Å². The lowest BCUT2D eigenvalue weighted by Gasteiger charge is -2.22. The third kappa shape index (κ3) is 3.76. The molecule has 0 aliphatic rings. The molecule has 0 saturated heterocycles. The molecule has 0 spiro atoms. The zero-order valence-corrected chi connectivity index (χ0v) is 14.9. The van der Waals surface area contributed by atoms with Gasteiger partial charge in [-0.25, -0.2) is 8.42 Å². The molecule has 2 aromatic rings. The Hall–Kier alpha value is -2.34. The van der Waals surface area contributed by atoms with Crippen molar-refractivity contribution >= 4 is 21.6 Å². The molecule has 6 heteroatoms. The van der Waals surface area contributed by atoms with E-state index in [0.717, 1.165) is 10.7 Å². The fourth-order valence-corrected chi connectivity index (χ4v) is 3.46. The molecule has 0 aliphatic heterocycles. The predicted octanol–water partition coefficient (Wildman–Crippen LogP) is 3.04. The van der Waals surface area contributed by atoms with Crippen molar-refractivity contribution in [3.63, 3.8) is 0 Å². The molecule has 128 valence electrons. The normalized spacial score (nSPS) is 12.5. The summed E-state index contributed by atoms with van der Waals surface area (Å²) < 4.78 is 26.7. The highest BCUT2D eigenvalue weighted by Crippen LogP contribution is 2.25. The van der Waals surface area contributed by atoms with Crippen LogP contribution >= 0.6 is 0 Å². The van der Waals surface area contributed by atoms with Crippen LogP contribution in [0.2, 0.25) is 0 Å². The predicted molar refractivity (Wildman–Crippen MR) is 95.7 cm³/mol. The first-order valence-corrected chi connectivity index (χ1v) is 9.25. The molecular weight excluding hydrogens is 324 g/mol. The van der Waals surface area contributed by atoms with Gasteiger partial charge in [-0.15, -0.1) is 0 Å². The van der Waals surface area contributed by atoms with E-state index in [4.69, 9.17) is 0 Å². The van der Waals surface area contributed by atoms with E-state index in [1.165, 1.54) is 19.2 Å². The van der Waals surface area contributed by atoms with Crippen molar-refractivity contribution in [2.24, 2.45) is 0 Å². The number of sulfonamides is 1. The van der Waals surface area contributed by atoms with Crippen LogP contribution in [0.4, 0.5) is 5.69 Å². The summed E-state index contributed by atoms with van der Waals surface area (Å²) in [5.41, 5.74) is 0.682. The van der Waals surface area contributed by atoms with E-state index in [-0.39, 0.29) is 16.8 Å². The average molecular weight is 346 g/mol. The van der Waals surface area contributed by atoms with Crippen molar-refractivity contribution in [2.45, 2.75) is 31.2 Å². The monoisotopic (exact) mass is 346 g/mol. The van der Waals surface area contributed by atoms with Gasteiger partial charge in [0.05, 0.1) is 16.1 Å². The second-order valence-corrected chi connectivity index (χ2v) is 7.55. The van der Waals surface area contributed by atoms with Crippen LogP contribution in [0.15, 0.2) is 59.5 Å². The number of rotatable bonds is 6. The van der Waals surface area contributed by atoms with E-state index in [1.807, 2.05) is 13.8 Å². The number of para-hydroxylation sites is 1. The molecule has 24 heavy (non-hydrogen) atoms. The Morgan fingerprint density at radius 1 is 1.08 bits per heavy atom.